The van der Waals surface area contributed by atoms with Gasteiger partial charge in [-0.15, -0.1) is 12.4 Å². The highest BCUT2D eigenvalue weighted by molar-refractivity contribution is 5.89. The Balaban J connectivity index is 0.00000387. The number of anilines is 1. The number of nitrogens with zero attached hydrogens (tertiary/aromatic N) is 5. The zero-order chi connectivity index (χ0) is 28.6. The van der Waals surface area contributed by atoms with E-state index < -0.39 is 11.2 Å². The lowest BCUT2D eigenvalue weighted by atomic mass is 10.1. The largest absolute Gasteiger partial charge is 0.489 e. The number of nitrogens with one attached hydrogen (secondary N) is 1. The van der Waals surface area contributed by atoms with Gasteiger partial charge in [0.25, 0.3) is 0 Å². The summed E-state index contributed by atoms with van der Waals surface area (Å²) >= 11 is 0. The lowest BCUT2D eigenvalue weighted by Gasteiger charge is -2.37. The fraction of sp³-hybridized carbons (Fsp3) is 0.571. The normalized spacial score (nSPS) is 22.9. The number of fused-ring (bicyclic) bond motifs is 1. The lowest BCUT2D eigenvalue weighted by Crippen LogP contribution is -2.58. The van der Waals surface area contributed by atoms with Gasteiger partial charge >= 0.3 is 11.7 Å². The number of nitrogens with two attached hydrogens (primary N) is 2. The molecule has 3 amide bonds. The van der Waals surface area contributed by atoms with E-state index in [9.17, 15) is 14.4 Å². The van der Waals surface area contributed by atoms with Crippen molar-refractivity contribution in [2.24, 2.45) is 29.2 Å². The first kappa shape index (κ1) is 30.8. The Kier molecular flexibility index (Phi) is 9.27. The van der Waals surface area contributed by atoms with Crippen LogP contribution in [0.3, 0.4) is 0 Å². The van der Waals surface area contributed by atoms with Crippen molar-refractivity contribution in [1.82, 2.24) is 24.3 Å². The Labute approximate surface area is 246 Å². The molecule has 0 spiro atoms. The average Bonchev–Trinajstić information content (AvgIpc) is 3.40. The maximum Gasteiger partial charge on any atom is 0.354 e. The van der Waals surface area contributed by atoms with Gasteiger partial charge in [-0.25, -0.2) is 9.59 Å². The molecule has 5 N–H and O–H groups in total. The number of hydrogen-bond donors (Lipinski definition) is 3. The number of ether oxygens (including phenoxy) is 1. The highest BCUT2D eigenvalue weighted by Gasteiger charge is 2.54. The summed E-state index contributed by atoms with van der Waals surface area (Å²) in [5, 5.41) is 2.68. The molecule has 2 aliphatic heterocycles. The van der Waals surface area contributed by atoms with Gasteiger partial charge in [0.05, 0.1) is 11.2 Å². The molecular formula is C28H41ClN8O4. The summed E-state index contributed by atoms with van der Waals surface area (Å²) in [5.74, 6) is 3.00. The molecule has 1 saturated carbocycles. The van der Waals surface area contributed by atoms with Crippen LogP contribution in [-0.2, 0) is 4.79 Å². The summed E-state index contributed by atoms with van der Waals surface area (Å²) in [6, 6.07) is 8.52. The number of rotatable bonds is 8. The molecule has 0 bridgehead atoms. The molecule has 224 valence electrons. The molecule has 3 aliphatic rings. The van der Waals surface area contributed by atoms with Crippen LogP contribution >= 0.6 is 12.4 Å². The number of piperidine rings is 1. The monoisotopic (exact) mass is 588 g/mol. The second kappa shape index (κ2) is 12.4. The molecule has 0 radical (unpaired) electrons. The second-order valence-electron chi connectivity index (χ2n) is 11.8. The molecule has 41 heavy (non-hydrogen) atoms. The summed E-state index contributed by atoms with van der Waals surface area (Å²) in [6.45, 7) is 10.8. The van der Waals surface area contributed by atoms with Gasteiger partial charge in [-0.3, -0.25) is 19.6 Å². The minimum atomic E-state index is -0.951. The number of benzene rings is 1. The number of halogens is 1. The standard InChI is InChI=1S/C28H40N8O4.ClH/c1-18(15-33-16-22-21(14-29)23(22)17-33)40-20-6-4-19(5-7-20)36-9-8-24(32-27(36)39)31-26(38)35-12-10-34(11-13-35)25(37)28(2,3)30;/h4-9,18,21-23H,10-17,29-30H2,1-3H3,(H,31,32,38,39);1H. The van der Waals surface area contributed by atoms with Gasteiger partial charge in [-0.05, 0) is 75.4 Å². The fourth-order valence-electron chi connectivity index (χ4n) is 5.93. The van der Waals surface area contributed by atoms with Gasteiger partial charge in [0.2, 0.25) is 5.91 Å². The van der Waals surface area contributed by atoms with Crippen LogP contribution in [0.4, 0.5) is 10.6 Å². The van der Waals surface area contributed by atoms with Crippen molar-refractivity contribution in [2.45, 2.75) is 32.4 Å². The third-order valence-corrected chi connectivity index (χ3v) is 8.13. The lowest BCUT2D eigenvalue weighted by molar-refractivity contribution is -0.137. The number of aromatic nitrogens is 2. The number of carbonyl (C=O) groups excluding carboxylic acids is 2. The molecule has 2 saturated heterocycles. The molecular weight excluding hydrogens is 548 g/mol. The summed E-state index contributed by atoms with van der Waals surface area (Å²) in [4.78, 5) is 47.5. The maximum absolute atomic E-state index is 12.7. The zero-order valence-corrected chi connectivity index (χ0v) is 24.7. The van der Waals surface area contributed by atoms with Crippen LogP contribution in [-0.4, -0.2) is 100 Å². The minimum absolute atomic E-state index is 0. The molecule has 3 heterocycles. The third-order valence-electron chi connectivity index (χ3n) is 8.13. The molecule has 3 atom stereocenters. The van der Waals surface area contributed by atoms with Crippen LogP contribution in [0.2, 0.25) is 0 Å². The average molecular weight is 589 g/mol. The van der Waals surface area contributed by atoms with E-state index in [1.165, 1.54) is 4.57 Å². The van der Waals surface area contributed by atoms with E-state index in [-0.39, 0.29) is 36.3 Å². The zero-order valence-electron chi connectivity index (χ0n) is 23.9. The van der Waals surface area contributed by atoms with Gasteiger partial charge in [-0.2, -0.15) is 4.98 Å². The van der Waals surface area contributed by atoms with E-state index in [1.807, 2.05) is 24.3 Å². The Morgan fingerprint density at radius 3 is 2.24 bits per heavy atom. The highest BCUT2D eigenvalue weighted by Crippen LogP contribution is 2.50. The van der Waals surface area contributed by atoms with Crippen molar-refractivity contribution < 1.29 is 14.3 Å². The number of carbonyl (C=O) groups is 2. The van der Waals surface area contributed by atoms with Gasteiger partial charge in [0, 0.05) is 52.0 Å². The molecule has 13 heteroatoms. The molecule has 3 unspecified atom stereocenters. The smallest absolute Gasteiger partial charge is 0.354 e. The van der Waals surface area contributed by atoms with Crippen LogP contribution in [0, 0.1) is 17.8 Å². The Hall–Kier alpha value is -3.19. The summed E-state index contributed by atoms with van der Waals surface area (Å²) in [5.41, 5.74) is 10.9. The Morgan fingerprint density at radius 2 is 1.68 bits per heavy atom. The van der Waals surface area contributed by atoms with Gasteiger partial charge in [0.1, 0.15) is 17.7 Å². The van der Waals surface area contributed by atoms with Gasteiger partial charge in [0.15, 0.2) is 0 Å². The second-order valence-corrected chi connectivity index (χ2v) is 11.8. The van der Waals surface area contributed by atoms with E-state index in [0.717, 1.165) is 43.8 Å². The Morgan fingerprint density at radius 1 is 1.07 bits per heavy atom. The van der Waals surface area contributed by atoms with E-state index in [4.69, 9.17) is 16.2 Å². The van der Waals surface area contributed by atoms with E-state index in [1.54, 1.807) is 35.9 Å². The molecule has 12 nitrogen and oxygen atoms in total. The van der Waals surface area contributed by atoms with Crippen molar-refractivity contribution in [3.8, 4) is 11.4 Å². The summed E-state index contributed by atoms with van der Waals surface area (Å²) in [7, 11) is 0. The summed E-state index contributed by atoms with van der Waals surface area (Å²) < 4.78 is 7.52. The molecule has 3 fully saturated rings. The predicted octanol–water partition coefficient (Wildman–Crippen LogP) is 0.972. The van der Waals surface area contributed by atoms with E-state index in [2.05, 4.69) is 22.1 Å². The maximum atomic E-state index is 12.7. The van der Waals surface area contributed by atoms with Crippen LogP contribution in [0.25, 0.3) is 5.69 Å². The van der Waals surface area contributed by atoms with Crippen LogP contribution in [0.1, 0.15) is 20.8 Å². The van der Waals surface area contributed by atoms with Crippen molar-refractivity contribution in [3.63, 3.8) is 0 Å². The molecule has 1 aliphatic carbocycles. The first-order chi connectivity index (χ1) is 19.0. The molecule has 1 aromatic heterocycles. The van der Waals surface area contributed by atoms with Crippen molar-refractivity contribution in [3.05, 3.63) is 47.0 Å². The van der Waals surface area contributed by atoms with Crippen molar-refractivity contribution in [2.75, 3.05) is 57.7 Å². The highest BCUT2D eigenvalue weighted by atomic mass is 35.5. The molecule has 5 rings (SSSR count). The van der Waals surface area contributed by atoms with Crippen molar-refractivity contribution >= 4 is 30.2 Å². The fourth-order valence-corrected chi connectivity index (χ4v) is 5.93. The van der Waals surface area contributed by atoms with Crippen molar-refractivity contribution in [1.29, 1.82) is 0 Å². The van der Waals surface area contributed by atoms with E-state index >= 15 is 0 Å². The molecule has 1 aromatic carbocycles. The SMILES string of the molecule is CC(CN1CC2C(CN)C2C1)Oc1ccc(-n2ccc(NC(=O)N3CCN(C(=O)C(C)(C)N)CC3)nc2=O)cc1.Cl. The van der Waals surface area contributed by atoms with Gasteiger partial charge < -0.3 is 26.0 Å². The van der Waals surface area contributed by atoms with Crippen LogP contribution < -0.4 is 27.2 Å². The first-order valence-corrected chi connectivity index (χ1v) is 14.0. The summed E-state index contributed by atoms with van der Waals surface area (Å²) in [6.07, 6.45) is 1.62. The number of piperazine rings is 1. The quantitative estimate of drug-likeness (QED) is 0.412. The third kappa shape index (κ3) is 7.00. The minimum Gasteiger partial charge on any atom is -0.489 e. The van der Waals surface area contributed by atoms with Gasteiger partial charge in [-0.1, -0.05) is 0 Å². The van der Waals surface area contributed by atoms with Crippen LogP contribution in [0.5, 0.6) is 5.75 Å². The topological polar surface area (TPSA) is 152 Å². The predicted molar refractivity (Wildman–Crippen MR) is 159 cm³/mol. The Bertz CT molecular complexity index is 1280. The van der Waals surface area contributed by atoms with E-state index in [0.29, 0.717) is 37.8 Å². The molecule has 2 aromatic rings. The van der Waals surface area contributed by atoms with Crippen LogP contribution in [0.15, 0.2) is 41.3 Å². The number of hydrogen-bond acceptors (Lipinski definition) is 8. The first-order valence-electron chi connectivity index (χ1n) is 14.0. The number of urea groups is 1. The number of likely N-dealkylation sites (tertiary alicyclic amines) is 1. The number of amides is 3.